The number of thioether (sulfide) groups is 2. The van der Waals surface area contributed by atoms with E-state index in [0.29, 0.717) is 21.6 Å². The van der Waals surface area contributed by atoms with Crippen molar-refractivity contribution in [3.8, 4) is 0 Å². The van der Waals surface area contributed by atoms with Gasteiger partial charge >= 0.3 is 0 Å². The zero-order chi connectivity index (χ0) is 14.0. The van der Waals surface area contributed by atoms with Crippen LogP contribution in [-0.4, -0.2) is 26.7 Å². The zero-order valence-corrected chi connectivity index (χ0v) is 14.3. The van der Waals surface area contributed by atoms with E-state index in [-0.39, 0.29) is 0 Å². The van der Waals surface area contributed by atoms with Crippen molar-refractivity contribution in [1.82, 2.24) is 9.97 Å². The quantitative estimate of drug-likeness (QED) is 0.744. The summed E-state index contributed by atoms with van der Waals surface area (Å²) in [5, 5.41) is 1.64. The molecule has 5 heteroatoms. The summed E-state index contributed by atoms with van der Waals surface area (Å²) in [6.07, 6.45) is 1.16. The van der Waals surface area contributed by atoms with Crippen molar-refractivity contribution in [2.45, 2.75) is 50.5 Å². The highest BCUT2D eigenvalue weighted by molar-refractivity contribution is 8.06. The summed E-state index contributed by atoms with van der Waals surface area (Å²) in [6.45, 7) is 8.57. The van der Waals surface area contributed by atoms with Crippen molar-refractivity contribution in [1.29, 1.82) is 0 Å². The molecule has 0 radical (unpaired) electrons. The minimum Gasteiger partial charge on any atom is -0.237 e. The number of rotatable bonds is 3. The smallest absolute Gasteiger partial charge is 0.144 e. The maximum Gasteiger partial charge on any atom is 0.144 e. The van der Waals surface area contributed by atoms with Gasteiger partial charge in [-0.3, -0.25) is 0 Å². The molecule has 2 nitrogen and oxygen atoms in total. The van der Waals surface area contributed by atoms with Crippen LogP contribution in [0.5, 0.6) is 0 Å². The number of aromatic nitrogens is 2. The number of hydrogen-bond donors (Lipinski definition) is 0. The third kappa shape index (κ3) is 3.40. The van der Waals surface area contributed by atoms with Crippen molar-refractivity contribution in [2.75, 3.05) is 11.5 Å². The lowest BCUT2D eigenvalue weighted by Crippen LogP contribution is -2.21. The van der Waals surface area contributed by atoms with Crippen molar-refractivity contribution in [2.24, 2.45) is 0 Å². The van der Waals surface area contributed by atoms with Crippen molar-refractivity contribution in [3.63, 3.8) is 0 Å². The molecule has 19 heavy (non-hydrogen) atoms. The molecule has 1 aromatic rings. The van der Waals surface area contributed by atoms with E-state index in [0.717, 1.165) is 23.5 Å². The number of halogens is 1. The summed E-state index contributed by atoms with van der Waals surface area (Å²) in [6, 6.07) is 0. The van der Waals surface area contributed by atoms with E-state index in [1.54, 1.807) is 0 Å². The molecular weight excluding hydrogens is 296 g/mol. The van der Waals surface area contributed by atoms with Crippen LogP contribution in [0.15, 0.2) is 0 Å². The van der Waals surface area contributed by atoms with Gasteiger partial charge in [0.25, 0.3) is 0 Å². The molecule has 1 fully saturated rings. The molecule has 0 N–H and O–H groups in total. The average molecular weight is 317 g/mol. The van der Waals surface area contributed by atoms with Gasteiger partial charge in [-0.2, -0.15) is 11.8 Å². The normalized spacial score (nSPS) is 23.9. The summed E-state index contributed by atoms with van der Waals surface area (Å²) in [5.41, 5.74) is 2.13. The molecule has 0 aromatic carbocycles. The Morgan fingerprint density at radius 3 is 2.53 bits per heavy atom. The molecule has 2 heterocycles. The van der Waals surface area contributed by atoms with Gasteiger partial charge in [0.2, 0.25) is 0 Å². The first kappa shape index (κ1) is 15.5. The van der Waals surface area contributed by atoms with Gasteiger partial charge in [0.05, 0.1) is 5.25 Å². The second-order valence-corrected chi connectivity index (χ2v) is 8.09. The zero-order valence-electron chi connectivity index (χ0n) is 11.9. The highest BCUT2D eigenvalue weighted by Crippen LogP contribution is 2.43. The van der Waals surface area contributed by atoms with Gasteiger partial charge in [0.1, 0.15) is 11.0 Å². The average Bonchev–Trinajstić information content (AvgIpc) is 2.37. The highest BCUT2D eigenvalue weighted by atomic mass is 35.5. The first-order chi connectivity index (χ1) is 9.04. The van der Waals surface area contributed by atoms with Gasteiger partial charge in [-0.1, -0.05) is 32.4 Å². The van der Waals surface area contributed by atoms with Crippen LogP contribution in [0.4, 0.5) is 0 Å². The summed E-state index contributed by atoms with van der Waals surface area (Å²) in [7, 11) is 0. The van der Waals surface area contributed by atoms with Crippen molar-refractivity contribution < 1.29 is 0 Å². The third-order valence-corrected chi connectivity index (χ3v) is 6.92. The Kier molecular flexibility index (Phi) is 5.44. The van der Waals surface area contributed by atoms with E-state index in [1.807, 2.05) is 30.4 Å². The topological polar surface area (TPSA) is 25.8 Å². The molecule has 0 aliphatic carbocycles. The highest BCUT2D eigenvalue weighted by Gasteiger charge is 2.29. The molecule has 0 saturated carbocycles. The second kappa shape index (κ2) is 6.68. The first-order valence-electron chi connectivity index (χ1n) is 6.81. The minimum atomic E-state index is 0.372. The van der Waals surface area contributed by atoms with Crippen LogP contribution in [0, 0.1) is 6.92 Å². The first-order valence-corrected chi connectivity index (χ1v) is 9.29. The predicted molar refractivity (Wildman–Crippen MR) is 87.6 cm³/mol. The van der Waals surface area contributed by atoms with Crippen LogP contribution >= 0.6 is 35.1 Å². The van der Waals surface area contributed by atoms with Gasteiger partial charge in [0, 0.05) is 28.0 Å². The molecule has 1 aliphatic rings. The van der Waals surface area contributed by atoms with Crippen LogP contribution < -0.4 is 0 Å². The summed E-state index contributed by atoms with van der Waals surface area (Å²) in [4.78, 5) is 9.34. The Bertz CT molecular complexity index is 428. The van der Waals surface area contributed by atoms with Crippen LogP contribution in [0.1, 0.15) is 55.4 Å². The fourth-order valence-corrected chi connectivity index (χ4v) is 5.93. The molecule has 2 atom stereocenters. The van der Waals surface area contributed by atoms with Crippen LogP contribution in [0.25, 0.3) is 0 Å². The van der Waals surface area contributed by atoms with E-state index >= 15 is 0 Å². The van der Waals surface area contributed by atoms with Gasteiger partial charge in [0.15, 0.2) is 0 Å². The molecule has 2 unspecified atom stereocenters. The lowest BCUT2D eigenvalue weighted by atomic mass is 10.0. The SMILES string of the molecule is CCC1SCCSC1c1nc(C)c(C(C)C)c(Cl)n1. The van der Waals surface area contributed by atoms with Crippen LogP contribution in [0.3, 0.4) is 0 Å². The Morgan fingerprint density at radius 2 is 1.95 bits per heavy atom. The summed E-state index contributed by atoms with van der Waals surface area (Å²) >= 11 is 10.4. The predicted octanol–water partition coefficient (Wildman–Crippen LogP) is 4.86. The van der Waals surface area contributed by atoms with Gasteiger partial charge in [-0.25, -0.2) is 9.97 Å². The largest absolute Gasteiger partial charge is 0.237 e. The monoisotopic (exact) mass is 316 g/mol. The summed E-state index contributed by atoms with van der Waals surface area (Å²) < 4.78 is 0. The number of nitrogens with zero attached hydrogens (tertiary/aromatic N) is 2. The van der Waals surface area contributed by atoms with Gasteiger partial charge in [-0.15, -0.1) is 11.8 Å². The molecule has 0 amide bonds. The van der Waals surface area contributed by atoms with E-state index in [2.05, 4.69) is 25.8 Å². The second-order valence-electron chi connectivity index (χ2n) is 5.14. The molecule has 106 valence electrons. The fraction of sp³-hybridized carbons (Fsp3) is 0.714. The summed E-state index contributed by atoms with van der Waals surface area (Å²) in [5.74, 6) is 3.71. The lowest BCUT2D eigenvalue weighted by molar-refractivity contribution is 0.731. The van der Waals surface area contributed by atoms with Crippen molar-refractivity contribution in [3.05, 3.63) is 22.2 Å². The fourth-order valence-electron chi connectivity index (χ4n) is 2.49. The molecule has 1 aliphatic heterocycles. The minimum absolute atomic E-state index is 0.372. The Balaban J connectivity index is 2.35. The van der Waals surface area contributed by atoms with Crippen LogP contribution in [-0.2, 0) is 0 Å². The van der Waals surface area contributed by atoms with E-state index in [1.165, 1.54) is 11.5 Å². The molecule has 2 rings (SSSR count). The third-order valence-electron chi connectivity index (χ3n) is 3.39. The maximum atomic E-state index is 6.37. The molecule has 1 saturated heterocycles. The van der Waals surface area contributed by atoms with Crippen LogP contribution in [0.2, 0.25) is 5.15 Å². The van der Waals surface area contributed by atoms with Crippen molar-refractivity contribution >= 4 is 35.1 Å². The lowest BCUT2D eigenvalue weighted by Gasteiger charge is -2.29. The maximum absolute atomic E-state index is 6.37. The number of hydrogen-bond acceptors (Lipinski definition) is 4. The van der Waals surface area contributed by atoms with E-state index in [4.69, 9.17) is 16.6 Å². The molecule has 0 bridgehead atoms. The Morgan fingerprint density at radius 1 is 1.26 bits per heavy atom. The van der Waals surface area contributed by atoms with Gasteiger partial charge < -0.3 is 0 Å². The molecular formula is C14H21ClN2S2. The van der Waals surface area contributed by atoms with E-state index < -0.39 is 0 Å². The molecule has 1 aromatic heterocycles. The standard InChI is InChI=1S/C14H21ClN2S2/c1-5-10-12(19-7-6-18-10)14-16-9(4)11(8(2)3)13(15)17-14/h8,10,12H,5-7H2,1-4H3. The number of aryl methyl sites for hydroxylation is 1. The Hall–Kier alpha value is 0.0700. The Labute approximate surface area is 129 Å². The van der Waals surface area contributed by atoms with E-state index in [9.17, 15) is 0 Å². The molecule has 0 spiro atoms. The van der Waals surface area contributed by atoms with Gasteiger partial charge in [-0.05, 0) is 19.3 Å².